The van der Waals surface area contributed by atoms with E-state index in [9.17, 15) is 19.4 Å². The Labute approximate surface area is 433 Å². The van der Waals surface area contributed by atoms with Crippen LogP contribution in [0.3, 0.4) is 0 Å². The summed E-state index contributed by atoms with van der Waals surface area (Å²) in [5, 5.41) is 13.9. The van der Waals surface area contributed by atoms with Gasteiger partial charge in [0.05, 0.1) is 39.9 Å². The fourth-order valence-electron chi connectivity index (χ4n) is 8.08. The first-order valence-corrected chi connectivity index (χ1v) is 30.4. The van der Waals surface area contributed by atoms with Crippen molar-refractivity contribution in [2.24, 2.45) is 0 Å². The zero-order valence-electron chi connectivity index (χ0n) is 46.2. The van der Waals surface area contributed by atoms with Gasteiger partial charge in [-0.05, 0) is 77.0 Å². The largest absolute Gasteiger partial charge is 0.756 e. The molecule has 3 atom stereocenters. The number of quaternary nitrogens is 1. The van der Waals surface area contributed by atoms with Gasteiger partial charge in [-0.2, -0.15) is 0 Å². The van der Waals surface area contributed by atoms with Gasteiger partial charge >= 0.3 is 0 Å². The summed E-state index contributed by atoms with van der Waals surface area (Å²) in [6.07, 6.45) is 72.4. The summed E-state index contributed by atoms with van der Waals surface area (Å²) in [6.45, 7) is 4.51. The zero-order chi connectivity index (χ0) is 51.3. The van der Waals surface area contributed by atoms with Crippen LogP contribution in [0.4, 0.5) is 0 Å². The molecule has 0 radical (unpaired) electrons. The first-order valence-electron chi connectivity index (χ1n) is 28.9. The predicted octanol–water partition coefficient (Wildman–Crippen LogP) is 17.0. The number of likely N-dealkylation sites (N-methyl/N-ethyl adjacent to an activating group) is 1. The molecule has 9 heteroatoms. The van der Waals surface area contributed by atoms with E-state index in [-0.39, 0.29) is 12.5 Å². The van der Waals surface area contributed by atoms with Crippen LogP contribution in [-0.2, 0) is 18.4 Å². The number of unbranched alkanes of at least 4 members (excludes halogenated alkanes) is 27. The first-order chi connectivity index (χ1) is 34.0. The number of hydrogen-bond donors (Lipinski definition) is 2. The van der Waals surface area contributed by atoms with Gasteiger partial charge in [-0.25, -0.2) is 0 Å². The van der Waals surface area contributed by atoms with E-state index in [2.05, 4.69) is 92.1 Å². The number of rotatable bonds is 52. The second-order valence-electron chi connectivity index (χ2n) is 20.6. The number of phosphoric ester groups is 1. The van der Waals surface area contributed by atoms with Crippen LogP contribution in [0.5, 0.6) is 0 Å². The summed E-state index contributed by atoms with van der Waals surface area (Å²) >= 11 is 0. The minimum atomic E-state index is -4.62. The molecule has 0 fully saturated rings. The molecule has 0 aromatic heterocycles. The van der Waals surface area contributed by atoms with Gasteiger partial charge in [0.1, 0.15) is 13.2 Å². The number of aliphatic hydroxyl groups is 1. The maximum absolute atomic E-state index is 12.9. The molecule has 406 valence electrons. The molecule has 0 aliphatic rings. The first kappa shape index (κ1) is 67.7. The van der Waals surface area contributed by atoms with Gasteiger partial charge in [-0.15, -0.1) is 0 Å². The highest BCUT2D eigenvalue weighted by atomic mass is 31.2. The smallest absolute Gasteiger partial charge is 0.268 e. The molecule has 0 aliphatic carbocycles. The molecule has 0 aromatic carbocycles. The topological polar surface area (TPSA) is 108 Å². The SMILES string of the molecule is CC/C=C\C/C=C\C/C=C\C/C=C\C/C=C\CCCCCCCC(=O)NC(COP(=O)([O-])OCC[N+](C)(C)C)C(O)/C=C/CC/C=C/CCCCCCCCCCCCCCCCCCCCCCC. The van der Waals surface area contributed by atoms with E-state index in [0.717, 1.165) is 89.9 Å². The van der Waals surface area contributed by atoms with Crippen molar-refractivity contribution < 1.29 is 32.9 Å². The number of amides is 1. The van der Waals surface area contributed by atoms with E-state index < -0.39 is 26.6 Å². The van der Waals surface area contributed by atoms with Crippen LogP contribution in [0.2, 0.25) is 0 Å². The van der Waals surface area contributed by atoms with E-state index in [1.54, 1.807) is 6.08 Å². The normalized spacial score (nSPS) is 14.6. The second-order valence-corrected chi connectivity index (χ2v) is 22.0. The number of carbonyl (C=O) groups excluding carboxylic acids is 1. The minimum Gasteiger partial charge on any atom is -0.756 e. The highest BCUT2D eigenvalue weighted by Gasteiger charge is 2.23. The van der Waals surface area contributed by atoms with Crippen LogP contribution < -0.4 is 10.2 Å². The van der Waals surface area contributed by atoms with Gasteiger partial charge in [0.15, 0.2) is 0 Å². The Morgan fingerprint density at radius 2 is 0.886 bits per heavy atom. The Bertz CT molecular complexity index is 1410. The van der Waals surface area contributed by atoms with Crippen molar-refractivity contribution in [3.63, 3.8) is 0 Å². The van der Waals surface area contributed by atoms with E-state index in [1.165, 1.54) is 135 Å². The van der Waals surface area contributed by atoms with Crippen molar-refractivity contribution in [2.45, 2.75) is 257 Å². The Morgan fingerprint density at radius 3 is 1.33 bits per heavy atom. The van der Waals surface area contributed by atoms with Crippen LogP contribution in [0.1, 0.15) is 245 Å². The average Bonchev–Trinajstić information content (AvgIpc) is 3.32. The molecule has 8 nitrogen and oxygen atoms in total. The third-order valence-corrected chi connectivity index (χ3v) is 13.6. The monoisotopic (exact) mass is 999 g/mol. The standard InChI is InChI=1S/C61H111N2O6P/c1-6-8-10-12-14-16-18-20-22-24-26-28-29-30-31-32-33-35-36-38-40-42-44-46-48-50-52-54-60(64)59(58-69-70(66,67)68-57-56-63(3,4)5)62-61(65)55-53-51-49-47-45-43-41-39-37-34-27-25-23-21-19-17-15-13-11-9-7-2/h9,11,15,17,21,23,27,34,39,41,44,46,52,54,59-60,64H,6-8,10,12-14,16,18-20,22,24-26,28-33,35-38,40,42-43,45,47-51,53,55-58H2,1-5H3,(H-,62,65,66,67)/b11-9-,17-15-,23-21-,34-27-,41-39-,46-44+,54-52+. The zero-order valence-corrected chi connectivity index (χ0v) is 47.1. The van der Waals surface area contributed by atoms with Gasteiger partial charge in [-0.1, -0.05) is 247 Å². The lowest BCUT2D eigenvalue weighted by molar-refractivity contribution is -0.870. The summed E-state index contributed by atoms with van der Waals surface area (Å²) in [6, 6.07) is -0.920. The fourth-order valence-corrected chi connectivity index (χ4v) is 8.80. The minimum absolute atomic E-state index is 0.0147. The van der Waals surface area contributed by atoms with Crippen molar-refractivity contribution in [1.82, 2.24) is 5.32 Å². The lowest BCUT2D eigenvalue weighted by atomic mass is 10.0. The van der Waals surface area contributed by atoms with Crippen molar-refractivity contribution >= 4 is 13.7 Å². The number of phosphoric acid groups is 1. The van der Waals surface area contributed by atoms with Gasteiger partial charge in [0.2, 0.25) is 5.91 Å². The maximum Gasteiger partial charge on any atom is 0.268 e. The van der Waals surface area contributed by atoms with Crippen LogP contribution >= 0.6 is 7.82 Å². The molecular formula is C61H111N2O6P. The van der Waals surface area contributed by atoms with Crippen molar-refractivity contribution in [1.29, 1.82) is 0 Å². The molecule has 0 saturated carbocycles. The Balaban J connectivity index is 4.30. The van der Waals surface area contributed by atoms with Crippen molar-refractivity contribution in [3.05, 3.63) is 85.1 Å². The molecule has 0 heterocycles. The second kappa shape index (κ2) is 51.6. The van der Waals surface area contributed by atoms with Crippen LogP contribution in [0.15, 0.2) is 85.1 Å². The van der Waals surface area contributed by atoms with Gasteiger partial charge in [0.25, 0.3) is 7.82 Å². The summed E-state index contributed by atoms with van der Waals surface area (Å²) in [4.78, 5) is 25.5. The lowest BCUT2D eigenvalue weighted by Gasteiger charge is -2.29. The number of nitrogens with one attached hydrogen (secondary N) is 1. The van der Waals surface area contributed by atoms with E-state index in [0.29, 0.717) is 17.4 Å². The molecule has 0 spiro atoms. The number of allylic oxidation sites excluding steroid dienone is 13. The fraction of sp³-hybridized carbons (Fsp3) is 0.754. The summed E-state index contributed by atoms with van der Waals surface area (Å²) in [5.41, 5.74) is 0. The highest BCUT2D eigenvalue weighted by molar-refractivity contribution is 7.45. The molecular weight excluding hydrogens is 888 g/mol. The molecule has 1 amide bonds. The van der Waals surface area contributed by atoms with Crippen LogP contribution in [0.25, 0.3) is 0 Å². The molecule has 2 N–H and O–H groups in total. The molecule has 0 bridgehead atoms. The highest BCUT2D eigenvalue weighted by Crippen LogP contribution is 2.38. The van der Waals surface area contributed by atoms with Crippen LogP contribution in [-0.4, -0.2) is 68.5 Å². The molecule has 3 unspecified atom stereocenters. The number of carbonyl (C=O) groups is 1. The number of nitrogens with zero attached hydrogens (tertiary/aromatic N) is 1. The van der Waals surface area contributed by atoms with E-state index in [1.807, 2.05) is 27.2 Å². The van der Waals surface area contributed by atoms with E-state index >= 15 is 0 Å². The third-order valence-electron chi connectivity index (χ3n) is 12.6. The van der Waals surface area contributed by atoms with Crippen LogP contribution in [0, 0.1) is 0 Å². The van der Waals surface area contributed by atoms with Gasteiger partial charge in [-0.3, -0.25) is 9.36 Å². The molecule has 0 aromatic rings. The third kappa shape index (κ3) is 53.5. The molecule has 70 heavy (non-hydrogen) atoms. The molecule has 0 saturated heterocycles. The van der Waals surface area contributed by atoms with Crippen molar-refractivity contribution in [2.75, 3.05) is 40.9 Å². The van der Waals surface area contributed by atoms with Crippen molar-refractivity contribution in [3.8, 4) is 0 Å². The Hall–Kier alpha value is -2.32. The number of aliphatic hydroxyl groups excluding tert-OH is 1. The summed E-state index contributed by atoms with van der Waals surface area (Å²) in [7, 11) is 1.22. The van der Waals surface area contributed by atoms with Gasteiger partial charge in [0, 0.05) is 6.42 Å². The molecule has 0 rings (SSSR count). The van der Waals surface area contributed by atoms with Gasteiger partial charge < -0.3 is 28.8 Å². The Morgan fingerprint density at radius 1 is 0.514 bits per heavy atom. The van der Waals surface area contributed by atoms with E-state index in [4.69, 9.17) is 9.05 Å². The summed E-state index contributed by atoms with van der Waals surface area (Å²) < 4.78 is 23.3. The molecule has 0 aliphatic heterocycles. The quantitative estimate of drug-likeness (QED) is 0.0272. The Kier molecular flexibility index (Phi) is 49.9. The summed E-state index contributed by atoms with van der Waals surface area (Å²) in [5.74, 6) is -0.227. The number of hydrogen-bond acceptors (Lipinski definition) is 6. The lowest BCUT2D eigenvalue weighted by Crippen LogP contribution is -2.45. The average molecular weight is 1000 g/mol. The maximum atomic E-state index is 12.9. The predicted molar refractivity (Wildman–Crippen MR) is 302 cm³/mol.